The van der Waals surface area contributed by atoms with Crippen molar-refractivity contribution in [2.24, 2.45) is 0 Å². The molecule has 1 atom stereocenters. The lowest BCUT2D eigenvalue weighted by Crippen LogP contribution is -2.54. The number of alkyl halides is 3. The van der Waals surface area contributed by atoms with Crippen molar-refractivity contribution in [1.82, 2.24) is 15.6 Å². The van der Waals surface area contributed by atoms with Crippen LogP contribution in [-0.2, 0) is 18.0 Å². The van der Waals surface area contributed by atoms with Crippen LogP contribution in [-0.4, -0.2) is 35.2 Å². The smallest absolute Gasteiger partial charge is 0.407 e. The highest BCUT2D eigenvalue weighted by molar-refractivity contribution is 6.07. The van der Waals surface area contributed by atoms with E-state index in [1.807, 2.05) is 0 Å². The predicted molar refractivity (Wildman–Crippen MR) is 153 cm³/mol. The van der Waals surface area contributed by atoms with Gasteiger partial charge in [0.05, 0.1) is 16.7 Å². The van der Waals surface area contributed by atoms with E-state index in [0.717, 1.165) is 12.1 Å². The van der Waals surface area contributed by atoms with E-state index in [9.17, 15) is 31.5 Å². The summed E-state index contributed by atoms with van der Waals surface area (Å²) >= 11 is 0. The number of rotatable bonds is 11. The zero-order valence-electron chi connectivity index (χ0n) is 23.9. The Morgan fingerprint density at radius 2 is 1.57 bits per heavy atom. The first-order valence-corrected chi connectivity index (χ1v) is 13.6. The van der Waals surface area contributed by atoms with E-state index in [0.29, 0.717) is 16.6 Å². The Hall–Kier alpha value is -4.74. The molecule has 0 fully saturated rings. The Bertz CT molecular complexity index is 1610. The number of hydrogen-bond donors (Lipinski definition) is 2. The Balaban J connectivity index is 1.51. The van der Waals surface area contributed by atoms with E-state index in [2.05, 4.69) is 15.6 Å². The third kappa shape index (κ3) is 8.65. The van der Waals surface area contributed by atoms with E-state index in [4.69, 9.17) is 9.47 Å². The van der Waals surface area contributed by atoms with E-state index in [1.165, 1.54) is 25.1 Å². The molecule has 0 saturated heterocycles. The summed E-state index contributed by atoms with van der Waals surface area (Å²) in [5.41, 5.74) is -0.303. The second-order valence-electron chi connectivity index (χ2n) is 10.5. The highest BCUT2D eigenvalue weighted by Crippen LogP contribution is 2.29. The van der Waals surface area contributed by atoms with Crippen LogP contribution in [0.3, 0.4) is 0 Å². The van der Waals surface area contributed by atoms with Crippen LogP contribution in [0.5, 0.6) is 5.75 Å². The first-order valence-electron chi connectivity index (χ1n) is 13.6. The normalized spacial score (nSPS) is 12.8. The molecular weight excluding hydrogens is 585 g/mol. The van der Waals surface area contributed by atoms with Gasteiger partial charge in [0, 0.05) is 24.0 Å². The van der Waals surface area contributed by atoms with Gasteiger partial charge < -0.3 is 20.1 Å². The van der Waals surface area contributed by atoms with Gasteiger partial charge in [0.25, 0.3) is 5.91 Å². The minimum atomic E-state index is -4.50. The van der Waals surface area contributed by atoms with Crippen LogP contribution in [0, 0.1) is 18.6 Å². The first-order chi connectivity index (χ1) is 20.8. The number of nitrogens with one attached hydrogen (secondary N) is 2. The molecular formula is C32H30F5N3O4. The van der Waals surface area contributed by atoms with Crippen molar-refractivity contribution < 1.29 is 41.0 Å². The zero-order chi connectivity index (χ0) is 31.9. The van der Waals surface area contributed by atoms with Crippen molar-refractivity contribution in [3.63, 3.8) is 0 Å². The van der Waals surface area contributed by atoms with Gasteiger partial charge in [-0.15, -0.1) is 0 Å². The fourth-order valence-corrected chi connectivity index (χ4v) is 4.46. The average molecular weight is 616 g/mol. The number of ether oxygens (including phenoxy) is 2. The van der Waals surface area contributed by atoms with Gasteiger partial charge in [-0.25, -0.2) is 18.6 Å². The molecule has 12 heteroatoms. The summed E-state index contributed by atoms with van der Waals surface area (Å²) in [6, 6.07) is 18.4. The number of fused-ring (bicyclic) bond motifs is 1. The van der Waals surface area contributed by atoms with E-state index in [1.54, 1.807) is 49.4 Å². The Morgan fingerprint density at radius 1 is 0.886 bits per heavy atom. The monoisotopic (exact) mass is 615 g/mol. The molecule has 2 amide bonds. The fourth-order valence-electron chi connectivity index (χ4n) is 4.46. The SMILES string of the molecule is Cc1cc(C(=O)NCC(C)(CCC(F)(F)F)NC(=O)OCc2ccccc2)c2cccc(OCc3c(F)cccc3F)c2n1. The maximum atomic E-state index is 14.1. The lowest BCUT2D eigenvalue weighted by molar-refractivity contribution is -0.138. The summed E-state index contributed by atoms with van der Waals surface area (Å²) in [4.78, 5) is 30.4. The molecule has 0 aliphatic heterocycles. The van der Waals surface area contributed by atoms with Crippen LogP contribution in [0.15, 0.2) is 72.8 Å². The second-order valence-corrected chi connectivity index (χ2v) is 10.5. The second kappa shape index (κ2) is 13.7. The standard InChI is InChI=1S/C32H30F5N3O4/c1-20-16-23(22-10-6-13-27(28(22)39-20)43-18-24-25(33)11-7-12-26(24)34)29(41)38-19-31(2,14-15-32(35,36)37)40-30(42)44-17-21-8-4-3-5-9-21/h3-13,16H,14-15,17-19H2,1-2H3,(H,38,41)(H,40,42). The van der Waals surface area contributed by atoms with Crippen LogP contribution in [0.2, 0.25) is 0 Å². The number of benzene rings is 3. The molecule has 1 heterocycles. The van der Waals surface area contributed by atoms with Crippen LogP contribution in [0.4, 0.5) is 26.7 Å². The van der Waals surface area contributed by atoms with Crippen molar-refractivity contribution in [2.75, 3.05) is 6.54 Å². The Labute approximate surface area is 250 Å². The third-order valence-electron chi connectivity index (χ3n) is 6.82. The number of carbonyl (C=O) groups excluding carboxylic acids is 2. The quantitative estimate of drug-likeness (QED) is 0.175. The molecule has 0 radical (unpaired) electrons. The molecule has 0 aliphatic rings. The summed E-state index contributed by atoms with van der Waals surface area (Å²) in [7, 11) is 0. The van der Waals surface area contributed by atoms with Gasteiger partial charge in [-0.3, -0.25) is 4.79 Å². The fraction of sp³-hybridized carbons (Fsp3) is 0.281. The summed E-state index contributed by atoms with van der Waals surface area (Å²) in [5.74, 6) is -2.03. The zero-order valence-corrected chi connectivity index (χ0v) is 23.9. The minimum Gasteiger partial charge on any atom is -0.486 e. The highest BCUT2D eigenvalue weighted by Gasteiger charge is 2.35. The summed E-state index contributed by atoms with van der Waals surface area (Å²) in [6.45, 7) is 2.13. The summed E-state index contributed by atoms with van der Waals surface area (Å²) in [6.07, 6.45) is -7.18. The number of hydrogen-bond acceptors (Lipinski definition) is 5. The Kier molecular flexibility index (Phi) is 10.0. The Morgan fingerprint density at radius 3 is 2.25 bits per heavy atom. The number of aromatic nitrogens is 1. The van der Waals surface area contributed by atoms with Crippen LogP contribution < -0.4 is 15.4 Å². The molecule has 232 valence electrons. The molecule has 0 bridgehead atoms. The van der Waals surface area contributed by atoms with Crippen LogP contribution >= 0.6 is 0 Å². The maximum absolute atomic E-state index is 14.1. The van der Waals surface area contributed by atoms with E-state index >= 15 is 0 Å². The number of carbonyl (C=O) groups is 2. The first kappa shape index (κ1) is 32.2. The predicted octanol–water partition coefficient (Wildman–Crippen LogP) is 7.16. The van der Waals surface area contributed by atoms with Gasteiger partial charge in [0.1, 0.15) is 36.1 Å². The minimum absolute atomic E-state index is 0.0926. The van der Waals surface area contributed by atoms with E-state index < -0.39 is 54.8 Å². The summed E-state index contributed by atoms with van der Waals surface area (Å²) < 4.78 is 78.5. The number of halogens is 5. The molecule has 0 saturated carbocycles. The van der Waals surface area contributed by atoms with E-state index in [-0.39, 0.29) is 35.5 Å². The third-order valence-corrected chi connectivity index (χ3v) is 6.82. The molecule has 2 N–H and O–H groups in total. The van der Waals surface area contributed by atoms with Crippen molar-refractivity contribution in [2.45, 2.75) is 51.6 Å². The largest absolute Gasteiger partial charge is 0.486 e. The number of pyridine rings is 1. The van der Waals surface area contributed by atoms with Crippen molar-refractivity contribution >= 4 is 22.9 Å². The van der Waals surface area contributed by atoms with Gasteiger partial charge in [-0.1, -0.05) is 48.5 Å². The van der Waals surface area contributed by atoms with Crippen molar-refractivity contribution in [3.05, 3.63) is 107 Å². The molecule has 1 aromatic heterocycles. The molecule has 3 aromatic carbocycles. The lowest BCUT2D eigenvalue weighted by atomic mass is 9.95. The number of amides is 2. The highest BCUT2D eigenvalue weighted by atomic mass is 19.4. The van der Waals surface area contributed by atoms with Gasteiger partial charge in [-0.05, 0) is 50.1 Å². The number of nitrogens with zero attached hydrogens (tertiary/aromatic N) is 1. The molecule has 0 spiro atoms. The number of aryl methyl sites for hydroxylation is 1. The maximum Gasteiger partial charge on any atom is 0.407 e. The molecule has 4 rings (SSSR count). The van der Waals surface area contributed by atoms with Crippen molar-refractivity contribution in [1.29, 1.82) is 0 Å². The molecule has 4 aromatic rings. The molecule has 0 aliphatic carbocycles. The van der Waals surface area contributed by atoms with Crippen molar-refractivity contribution in [3.8, 4) is 5.75 Å². The van der Waals surface area contributed by atoms with Gasteiger partial charge in [0.2, 0.25) is 0 Å². The summed E-state index contributed by atoms with van der Waals surface area (Å²) in [5, 5.41) is 5.43. The van der Waals surface area contributed by atoms with Crippen LogP contribution in [0.25, 0.3) is 10.9 Å². The number of alkyl carbamates (subject to hydrolysis) is 1. The lowest BCUT2D eigenvalue weighted by Gasteiger charge is -2.31. The molecule has 7 nitrogen and oxygen atoms in total. The average Bonchev–Trinajstić information content (AvgIpc) is 2.97. The van der Waals surface area contributed by atoms with Gasteiger partial charge in [0.15, 0.2) is 0 Å². The van der Waals surface area contributed by atoms with Gasteiger partial charge in [-0.2, -0.15) is 13.2 Å². The van der Waals surface area contributed by atoms with Gasteiger partial charge >= 0.3 is 12.3 Å². The molecule has 1 unspecified atom stereocenters. The number of para-hydroxylation sites is 1. The topological polar surface area (TPSA) is 89.6 Å². The van der Waals surface area contributed by atoms with Crippen LogP contribution in [0.1, 0.15) is 46.9 Å². The molecule has 44 heavy (non-hydrogen) atoms.